The highest BCUT2D eigenvalue weighted by Crippen LogP contribution is 2.34. The third-order valence-corrected chi connectivity index (χ3v) is 5.61. The van der Waals surface area contributed by atoms with Crippen molar-refractivity contribution in [3.8, 4) is 11.5 Å². The Hall–Kier alpha value is -2.48. The van der Waals surface area contributed by atoms with E-state index in [0.29, 0.717) is 31.0 Å². The summed E-state index contributed by atoms with van der Waals surface area (Å²) in [6, 6.07) is 4.72. The zero-order valence-electron chi connectivity index (χ0n) is 15.8. The lowest BCUT2D eigenvalue weighted by molar-refractivity contribution is -0.135. The third kappa shape index (κ3) is 4.67. The Morgan fingerprint density at radius 1 is 1.21 bits per heavy atom. The van der Waals surface area contributed by atoms with E-state index in [2.05, 4.69) is 0 Å². The third-order valence-electron chi connectivity index (χ3n) is 4.71. The van der Waals surface area contributed by atoms with Gasteiger partial charge in [0, 0.05) is 13.1 Å². The Morgan fingerprint density at radius 3 is 2.61 bits per heavy atom. The van der Waals surface area contributed by atoms with E-state index in [1.165, 1.54) is 6.07 Å². The molecule has 2 aliphatic rings. The Kier molecular flexibility index (Phi) is 6.61. The summed E-state index contributed by atoms with van der Waals surface area (Å²) in [6.45, 7) is 3.34. The van der Waals surface area contributed by atoms with Gasteiger partial charge in [-0.3, -0.25) is 19.3 Å². The molecular formula is C20H24N2O5S. The van der Waals surface area contributed by atoms with Crippen LogP contribution in [-0.4, -0.2) is 58.2 Å². The van der Waals surface area contributed by atoms with E-state index in [4.69, 9.17) is 4.74 Å². The molecule has 3 amide bonds. The number of carbonyl (C=O) groups excluding carboxylic acids is 3. The second-order valence-corrected chi connectivity index (χ2v) is 7.72. The van der Waals surface area contributed by atoms with Gasteiger partial charge in [-0.2, -0.15) is 0 Å². The van der Waals surface area contributed by atoms with Crippen LogP contribution in [0.5, 0.6) is 11.5 Å². The average Bonchev–Trinajstić information content (AvgIpc) is 2.88. The lowest BCUT2D eigenvalue weighted by atomic mass is 10.2. The molecule has 0 aliphatic carbocycles. The monoisotopic (exact) mass is 404 g/mol. The molecule has 3 rings (SSSR count). The Labute approximate surface area is 168 Å². The smallest absolute Gasteiger partial charge is 0.294 e. The SMILES string of the molecule is CCOc1cc(/C=C2/SC(=O)N(CC(=O)N3CCCCCC3)C2=O)ccc1O. The van der Waals surface area contributed by atoms with Crippen molar-refractivity contribution in [2.45, 2.75) is 32.6 Å². The Morgan fingerprint density at radius 2 is 1.93 bits per heavy atom. The van der Waals surface area contributed by atoms with Gasteiger partial charge >= 0.3 is 0 Å². The predicted molar refractivity (Wildman–Crippen MR) is 107 cm³/mol. The van der Waals surface area contributed by atoms with Crippen LogP contribution in [0.4, 0.5) is 4.79 Å². The number of hydrogen-bond acceptors (Lipinski definition) is 6. The van der Waals surface area contributed by atoms with Crippen LogP contribution in [0.3, 0.4) is 0 Å². The summed E-state index contributed by atoms with van der Waals surface area (Å²) in [6.07, 6.45) is 5.69. The molecule has 2 aliphatic heterocycles. The molecule has 2 saturated heterocycles. The zero-order valence-corrected chi connectivity index (χ0v) is 16.7. The second kappa shape index (κ2) is 9.14. The van der Waals surface area contributed by atoms with Crippen molar-refractivity contribution in [3.63, 3.8) is 0 Å². The number of likely N-dealkylation sites (tertiary alicyclic amines) is 1. The number of phenols is 1. The molecule has 0 spiro atoms. The van der Waals surface area contributed by atoms with Crippen LogP contribution < -0.4 is 4.74 Å². The van der Waals surface area contributed by atoms with E-state index in [1.807, 2.05) is 0 Å². The number of nitrogens with zero attached hydrogens (tertiary/aromatic N) is 2. The molecule has 28 heavy (non-hydrogen) atoms. The van der Waals surface area contributed by atoms with E-state index in [1.54, 1.807) is 30.0 Å². The number of rotatable bonds is 5. The average molecular weight is 404 g/mol. The van der Waals surface area contributed by atoms with Gasteiger partial charge in [0.15, 0.2) is 11.5 Å². The first-order valence-electron chi connectivity index (χ1n) is 9.48. The van der Waals surface area contributed by atoms with Crippen molar-refractivity contribution < 1.29 is 24.2 Å². The number of phenolic OH excluding ortho intramolecular Hbond substituents is 1. The van der Waals surface area contributed by atoms with Crippen LogP contribution in [0.1, 0.15) is 38.2 Å². The van der Waals surface area contributed by atoms with Crippen molar-refractivity contribution in [1.29, 1.82) is 0 Å². The minimum absolute atomic E-state index is 0.00940. The Bertz CT molecular complexity index is 800. The van der Waals surface area contributed by atoms with E-state index in [-0.39, 0.29) is 23.1 Å². The van der Waals surface area contributed by atoms with Gasteiger partial charge in [-0.05, 0) is 55.3 Å². The Balaban J connectivity index is 1.71. The summed E-state index contributed by atoms with van der Waals surface area (Å²) in [5.41, 5.74) is 0.630. The molecule has 7 nitrogen and oxygen atoms in total. The number of carbonyl (C=O) groups is 3. The molecular weight excluding hydrogens is 380 g/mol. The number of imide groups is 1. The summed E-state index contributed by atoms with van der Waals surface area (Å²) in [5.74, 6) is -0.333. The maximum absolute atomic E-state index is 12.6. The molecule has 8 heteroatoms. The van der Waals surface area contributed by atoms with Gasteiger partial charge in [-0.25, -0.2) is 0 Å². The van der Waals surface area contributed by atoms with E-state index >= 15 is 0 Å². The summed E-state index contributed by atoms with van der Waals surface area (Å²) in [7, 11) is 0. The quantitative estimate of drug-likeness (QED) is 0.758. The number of amides is 3. The van der Waals surface area contributed by atoms with Gasteiger partial charge in [-0.15, -0.1) is 0 Å². The van der Waals surface area contributed by atoms with Crippen molar-refractivity contribution >= 4 is 34.9 Å². The summed E-state index contributed by atoms with van der Waals surface area (Å²) in [4.78, 5) is 40.5. The van der Waals surface area contributed by atoms with E-state index in [9.17, 15) is 19.5 Å². The maximum Gasteiger partial charge on any atom is 0.294 e. The van der Waals surface area contributed by atoms with Crippen molar-refractivity contribution in [3.05, 3.63) is 28.7 Å². The number of hydrogen-bond donors (Lipinski definition) is 1. The van der Waals surface area contributed by atoms with Gasteiger partial charge < -0.3 is 14.7 Å². The minimum Gasteiger partial charge on any atom is -0.504 e. The first kappa shape index (κ1) is 20.3. The molecule has 0 bridgehead atoms. The molecule has 0 radical (unpaired) electrons. The van der Waals surface area contributed by atoms with Gasteiger partial charge in [0.1, 0.15) is 6.54 Å². The molecule has 0 atom stereocenters. The number of aromatic hydroxyl groups is 1. The highest BCUT2D eigenvalue weighted by molar-refractivity contribution is 8.18. The van der Waals surface area contributed by atoms with Crippen molar-refractivity contribution in [1.82, 2.24) is 9.80 Å². The van der Waals surface area contributed by atoms with Gasteiger partial charge in [0.25, 0.3) is 11.1 Å². The number of ether oxygens (including phenoxy) is 1. The molecule has 0 unspecified atom stereocenters. The van der Waals surface area contributed by atoms with Crippen LogP contribution in [0.25, 0.3) is 6.08 Å². The van der Waals surface area contributed by atoms with Crippen molar-refractivity contribution in [2.75, 3.05) is 26.2 Å². The maximum atomic E-state index is 12.6. The largest absolute Gasteiger partial charge is 0.504 e. The normalized spacial score (nSPS) is 19.2. The highest BCUT2D eigenvalue weighted by atomic mass is 32.2. The summed E-state index contributed by atoms with van der Waals surface area (Å²) < 4.78 is 5.34. The first-order chi connectivity index (χ1) is 13.5. The molecule has 2 fully saturated rings. The number of thioether (sulfide) groups is 1. The van der Waals surface area contributed by atoms with Gasteiger partial charge in [0.05, 0.1) is 11.5 Å². The zero-order chi connectivity index (χ0) is 20.1. The fourth-order valence-electron chi connectivity index (χ4n) is 3.23. The standard InChI is InChI=1S/C20H24N2O5S/c1-2-27-16-11-14(7-8-15(16)23)12-17-19(25)22(20(26)28-17)13-18(24)21-9-5-3-4-6-10-21/h7-8,11-12,23H,2-6,9-10,13H2,1H3/b17-12+. The lowest BCUT2D eigenvalue weighted by Crippen LogP contribution is -2.42. The first-order valence-corrected chi connectivity index (χ1v) is 10.3. The molecule has 1 aromatic rings. The summed E-state index contributed by atoms with van der Waals surface area (Å²) in [5, 5.41) is 9.34. The summed E-state index contributed by atoms with van der Waals surface area (Å²) >= 11 is 0.817. The number of benzene rings is 1. The van der Waals surface area contributed by atoms with Gasteiger partial charge in [-0.1, -0.05) is 18.9 Å². The fourth-order valence-corrected chi connectivity index (χ4v) is 4.07. The van der Waals surface area contributed by atoms with E-state index < -0.39 is 11.1 Å². The van der Waals surface area contributed by atoms with E-state index in [0.717, 1.165) is 42.3 Å². The molecule has 1 aromatic carbocycles. The van der Waals surface area contributed by atoms with Crippen LogP contribution in [0.2, 0.25) is 0 Å². The molecule has 150 valence electrons. The lowest BCUT2D eigenvalue weighted by Gasteiger charge is -2.22. The molecule has 2 heterocycles. The topological polar surface area (TPSA) is 87.2 Å². The molecule has 0 saturated carbocycles. The highest BCUT2D eigenvalue weighted by Gasteiger charge is 2.37. The van der Waals surface area contributed by atoms with Gasteiger partial charge in [0.2, 0.25) is 5.91 Å². The molecule has 0 aromatic heterocycles. The molecule has 1 N–H and O–H groups in total. The van der Waals surface area contributed by atoms with Crippen LogP contribution in [0.15, 0.2) is 23.1 Å². The second-order valence-electron chi connectivity index (χ2n) is 6.72. The van der Waals surface area contributed by atoms with Crippen LogP contribution in [0, 0.1) is 0 Å². The minimum atomic E-state index is -0.468. The van der Waals surface area contributed by atoms with Crippen LogP contribution >= 0.6 is 11.8 Å². The van der Waals surface area contributed by atoms with Crippen LogP contribution in [-0.2, 0) is 9.59 Å². The predicted octanol–water partition coefficient (Wildman–Crippen LogP) is 3.23. The van der Waals surface area contributed by atoms with Crippen molar-refractivity contribution in [2.24, 2.45) is 0 Å². The fraction of sp³-hybridized carbons (Fsp3) is 0.450.